The number of ketones is 2. The minimum absolute atomic E-state index is 0.162. The number of aromatic nitrogens is 4. The SMILES string of the molecule is O=C1CCC(c2nccnc2Oc2ccc(C(=O)c3nc4ccccc4[nH]3)cc2)CC1. The number of nitrogens with zero attached hydrogens (tertiary/aromatic N) is 3. The van der Waals surface area contributed by atoms with Crippen LogP contribution in [0.15, 0.2) is 60.9 Å². The highest BCUT2D eigenvalue weighted by Gasteiger charge is 2.25. The fraction of sp³-hybridized carbons (Fsp3) is 0.208. The van der Waals surface area contributed by atoms with Gasteiger partial charge in [0, 0.05) is 36.7 Å². The van der Waals surface area contributed by atoms with Gasteiger partial charge in [-0.2, -0.15) is 0 Å². The third-order valence-corrected chi connectivity index (χ3v) is 5.56. The molecule has 7 heteroatoms. The van der Waals surface area contributed by atoms with E-state index in [1.807, 2.05) is 24.3 Å². The van der Waals surface area contributed by atoms with E-state index >= 15 is 0 Å². The van der Waals surface area contributed by atoms with Crippen molar-refractivity contribution in [3.63, 3.8) is 0 Å². The molecule has 5 rings (SSSR count). The Balaban J connectivity index is 1.34. The maximum atomic E-state index is 12.8. The molecular weight excluding hydrogens is 392 g/mol. The summed E-state index contributed by atoms with van der Waals surface area (Å²) >= 11 is 0. The third kappa shape index (κ3) is 3.94. The number of carbonyl (C=O) groups is 2. The van der Waals surface area contributed by atoms with Crippen molar-refractivity contribution in [2.45, 2.75) is 31.6 Å². The summed E-state index contributed by atoms with van der Waals surface area (Å²) in [5.74, 6) is 1.59. The van der Waals surface area contributed by atoms with Crippen LogP contribution in [0.4, 0.5) is 0 Å². The third-order valence-electron chi connectivity index (χ3n) is 5.56. The number of aromatic amines is 1. The Kier molecular flexibility index (Phi) is 5.00. The van der Waals surface area contributed by atoms with Crippen molar-refractivity contribution in [3.05, 3.63) is 78.0 Å². The van der Waals surface area contributed by atoms with Gasteiger partial charge in [0.05, 0.1) is 11.0 Å². The van der Waals surface area contributed by atoms with Gasteiger partial charge in [0.1, 0.15) is 17.2 Å². The van der Waals surface area contributed by atoms with Gasteiger partial charge >= 0.3 is 0 Å². The summed E-state index contributed by atoms with van der Waals surface area (Å²) in [6, 6.07) is 14.4. The molecule has 154 valence electrons. The molecular formula is C24H20N4O3. The number of nitrogens with one attached hydrogen (secondary N) is 1. The summed E-state index contributed by atoms with van der Waals surface area (Å²) in [6.45, 7) is 0. The molecule has 0 amide bonds. The molecule has 1 fully saturated rings. The maximum absolute atomic E-state index is 12.8. The van der Waals surface area contributed by atoms with Crippen LogP contribution in [0.5, 0.6) is 11.6 Å². The fourth-order valence-electron chi connectivity index (χ4n) is 3.89. The smallest absolute Gasteiger partial charge is 0.241 e. The highest BCUT2D eigenvalue weighted by Crippen LogP contribution is 2.35. The predicted octanol–water partition coefficient (Wildman–Crippen LogP) is 4.60. The topological polar surface area (TPSA) is 97.8 Å². The fourth-order valence-corrected chi connectivity index (χ4v) is 3.89. The van der Waals surface area contributed by atoms with Crippen LogP contribution >= 0.6 is 0 Å². The first-order valence-corrected chi connectivity index (χ1v) is 10.3. The Labute approximate surface area is 178 Å². The average molecular weight is 412 g/mol. The highest BCUT2D eigenvalue weighted by atomic mass is 16.5. The Hall–Kier alpha value is -3.87. The summed E-state index contributed by atoms with van der Waals surface area (Å²) in [7, 11) is 0. The Morgan fingerprint density at radius 3 is 2.48 bits per heavy atom. The number of ether oxygens (including phenoxy) is 1. The van der Waals surface area contributed by atoms with Crippen LogP contribution in [0.25, 0.3) is 11.0 Å². The predicted molar refractivity (Wildman–Crippen MR) is 114 cm³/mol. The molecule has 7 nitrogen and oxygen atoms in total. The van der Waals surface area contributed by atoms with Crippen LogP contribution in [-0.2, 0) is 4.79 Å². The summed E-state index contributed by atoms with van der Waals surface area (Å²) in [6.07, 6.45) is 5.90. The molecule has 2 aromatic heterocycles. The van der Waals surface area contributed by atoms with Gasteiger partial charge in [0.25, 0.3) is 0 Å². The van der Waals surface area contributed by atoms with Gasteiger partial charge in [-0.05, 0) is 49.2 Å². The van der Waals surface area contributed by atoms with Crippen LogP contribution in [0, 0.1) is 0 Å². The first-order chi connectivity index (χ1) is 15.2. The molecule has 4 aromatic rings. The number of para-hydroxylation sites is 2. The Morgan fingerprint density at radius 2 is 1.71 bits per heavy atom. The standard InChI is InChI=1S/C24H20N4O3/c29-17-9-5-15(6-10-17)21-24(26-14-13-25-21)31-18-11-7-16(8-12-18)22(30)23-27-19-3-1-2-4-20(19)28-23/h1-4,7-8,11-15H,5-6,9-10H2,(H,27,28). The van der Waals surface area contributed by atoms with Crippen molar-refractivity contribution < 1.29 is 14.3 Å². The molecule has 0 saturated heterocycles. The van der Waals surface area contributed by atoms with Gasteiger partial charge in [0.15, 0.2) is 5.82 Å². The molecule has 0 spiro atoms. The van der Waals surface area contributed by atoms with Crippen molar-refractivity contribution >= 4 is 22.6 Å². The summed E-state index contributed by atoms with van der Waals surface area (Å²) < 4.78 is 5.98. The van der Waals surface area contributed by atoms with Crippen LogP contribution in [0.2, 0.25) is 0 Å². The lowest BCUT2D eigenvalue weighted by molar-refractivity contribution is -0.120. The lowest BCUT2D eigenvalue weighted by Gasteiger charge is -2.21. The monoisotopic (exact) mass is 412 g/mol. The summed E-state index contributed by atoms with van der Waals surface area (Å²) in [5, 5.41) is 0. The number of carbonyl (C=O) groups excluding carboxylic acids is 2. The zero-order chi connectivity index (χ0) is 21.2. The molecule has 0 aliphatic heterocycles. The van der Waals surface area contributed by atoms with Gasteiger partial charge < -0.3 is 9.72 Å². The average Bonchev–Trinajstić information content (AvgIpc) is 3.25. The van der Waals surface area contributed by atoms with E-state index in [2.05, 4.69) is 19.9 Å². The Bertz CT molecular complexity index is 1220. The zero-order valence-corrected chi connectivity index (χ0v) is 16.7. The van der Waals surface area contributed by atoms with E-state index in [-0.39, 0.29) is 11.7 Å². The number of H-pyrrole nitrogens is 1. The molecule has 1 saturated carbocycles. The largest absolute Gasteiger partial charge is 0.437 e. The number of hydrogen-bond donors (Lipinski definition) is 1. The van der Waals surface area contributed by atoms with Crippen LogP contribution < -0.4 is 4.74 Å². The number of Topliss-reactive ketones (excluding diaryl/α,β-unsaturated/α-hetero) is 1. The maximum Gasteiger partial charge on any atom is 0.241 e. The second-order valence-corrected chi connectivity index (χ2v) is 7.62. The van der Waals surface area contributed by atoms with E-state index < -0.39 is 0 Å². The molecule has 0 atom stereocenters. The van der Waals surface area contributed by atoms with E-state index in [0.717, 1.165) is 29.6 Å². The number of benzene rings is 2. The molecule has 2 heterocycles. The first-order valence-electron chi connectivity index (χ1n) is 10.3. The summed E-state index contributed by atoms with van der Waals surface area (Å²) in [5.41, 5.74) is 2.87. The van der Waals surface area contributed by atoms with E-state index in [9.17, 15) is 9.59 Å². The van der Waals surface area contributed by atoms with Crippen molar-refractivity contribution in [3.8, 4) is 11.6 Å². The van der Waals surface area contributed by atoms with Gasteiger partial charge in [0.2, 0.25) is 11.7 Å². The molecule has 0 bridgehead atoms. The number of imidazole rings is 1. The van der Waals surface area contributed by atoms with E-state index in [1.54, 1.807) is 36.7 Å². The van der Waals surface area contributed by atoms with Crippen molar-refractivity contribution in [1.82, 2.24) is 19.9 Å². The lowest BCUT2D eigenvalue weighted by Crippen LogP contribution is -2.14. The lowest BCUT2D eigenvalue weighted by atomic mass is 9.86. The molecule has 1 aliphatic rings. The minimum atomic E-state index is -0.185. The van der Waals surface area contributed by atoms with Crippen molar-refractivity contribution in [2.24, 2.45) is 0 Å². The van der Waals surface area contributed by atoms with Gasteiger partial charge in [-0.1, -0.05) is 12.1 Å². The van der Waals surface area contributed by atoms with Gasteiger partial charge in [-0.15, -0.1) is 0 Å². The van der Waals surface area contributed by atoms with E-state index in [1.165, 1.54) is 0 Å². The number of fused-ring (bicyclic) bond motifs is 1. The van der Waals surface area contributed by atoms with Crippen LogP contribution in [0.3, 0.4) is 0 Å². The van der Waals surface area contributed by atoms with Gasteiger partial charge in [-0.25, -0.2) is 9.97 Å². The molecule has 2 aromatic carbocycles. The minimum Gasteiger partial charge on any atom is -0.437 e. The van der Waals surface area contributed by atoms with Crippen molar-refractivity contribution in [1.29, 1.82) is 0 Å². The molecule has 1 aliphatic carbocycles. The molecule has 0 unspecified atom stereocenters. The summed E-state index contributed by atoms with van der Waals surface area (Å²) in [4.78, 5) is 40.6. The molecule has 0 radical (unpaired) electrons. The number of rotatable bonds is 5. The second kappa shape index (κ2) is 8.10. The zero-order valence-electron chi connectivity index (χ0n) is 16.7. The number of hydrogen-bond acceptors (Lipinski definition) is 6. The second-order valence-electron chi connectivity index (χ2n) is 7.62. The normalized spacial score (nSPS) is 14.6. The molecule has 31 heavy (non-hydrogen) atoms. The van der Waals surface area contributed by atoms with E-state index in [4.69, 9.17) is 4.74 Å². The Morgan fingerprint density at radius 1 is 0.968 bits per heavy atom. The van der Waals surface area contributed by atoms with E-state index in [0.29, 0.717) is 41.6 Å². The van der Waals surface area contributed by atoms with Crippen LogP contribution in [0.1, 0.15) is 53.5 Å². The molecule has 1 N–H and O–H groups in total. The van der Waals surface area contributed by atoms with Gasteiger partial charge in [-0.3, -0.25) is 14.6 Å². The first kappa shape index (κ1) is 19.1. The highest BCUT2D eigenvalue weighted by molar-refractivity contribution is 6.08. The quantitative estimate of drug-likeness (QED) is 0.481. The van der Waals surface area contributed by atoms with Crippen LogP contribution in [-0.4, -0.2) is 31.5 Å². The van der Waals surface area contributed by atoms with Crippen molar-refractivity contribution in [2.75, 3.05) is 0 Å².